The lowest BCUT2D eigenvalue weighted by Gasteiger charge is -2.73. The molecule has 0 aromatic rings. The summed E-state index contributed by atoms with van der Waals surface area (Å²) in [6, 6.07) is 0. The monoisotopic (exact) mass is 488 g/mol. The molecule has 12 atom stereocenters. The minimum absolute atomic E-state index is 0.00764. The summed E-state index contributed by atoms with van der Waals surface area (Å²) < 4.78 is 6.30. The van der Waals surface area contributed by atoms with Gasteiger partial charge in [0.25, 0.3) is 0 Å². The summed E-state index contributed by atoms with van der Waals surface area (Å²) in [6.45, 7) is 18.7. The van der Waals surface area contributed by atoms with Gasteiger partial charge >= 0.3 is 0 Å². The van der Waals surface area contributed by atoms with E-state index in [2.05, 4.69) is 55.4 Å². The molecule has 200 valence electrons. The van der Waals surface area contributed by atoms with E-state index in [4.69, 9.17) is 4.74 Å². The number of hydrogen-bond donors (Lipinski definition) is 3. The van der Waals surface area contributed by atoms with Crippen molar-refractivity contribution >= 4 is 0 Å². The van der Waals surface area contributed by atoms with Gasteiger partial charge in [-0.15, -0.1) is 0 Å². The van der Waals surface area contributed by atoms with Crippen LogP contribution in [0.4, 0.5) is 0 Å². The highest BCUT2D eigenvalue weighted by atomic mass is 16.5. The van der Waals surface area contributed by atoms with Gasteiger partial charge in [0.15, 0.2) is 0 Å². The molecule has 0 radical (unpaired) electrons. The van der Waals surface area contributed by atoms with E-state index >= 15 is 0 Å². The van der Waals surface area contributed by atoms with Gasteiger partial charge < -0.3 is 20.1 Å². The first-order chi connectivity index (χ1) is 16.1. The van der Waals surface area contributed by atoms with Crippen molar-refractivity contribution in [2.24, 2.45) is 56.7 Å². The van der Waals surface area contributed by atoms with Gasteiger partial charge in [0.05, 0.1) is 12.2 Å². The lowest BCUT2D eigenvalue weighted by Crippen LogP contribution is -2.71. The number of aliphatic hydroxyl groups is 3. The summed E-state index contributed by atoms with van der Waals surface area (Å²) in [5.41, 5.74) is 0.198. The van der Waals surface area contributed by atoms with Crippen molar-refractivity contribution in [1.82, 2.24) is 0 Å². The van der Waals surface area contributed by atoms with Crippen LogP contribution in [0.3, 0.4) is 0 Å². The van der Waals surface area contributed by atoms with Crippen LogP contribution in [0.15, 0.2) is 11.3 Å². The third kappa shape index (κ3) is 2.97. The average molecular weight is 489 g/mol. The zero-order valence-electron chi connectivity index (χ0n) is 23.8. The minimum Gasteiger partial charge on any atom is -0.510 e. The zero-order valence-corrected chi connectivity index (χ0v) is 23.8. The van der Waals surface area contributed by atoms with Crippen LogP contribution in [-0.2, 0) is 4.74 Å². The second kappa shape index (κ2) is 7.73. The summed E-state index contributed by atoms with van der Waals surface area (Å²) in [7, 11) is 1.77. The van der Waals surface area contributed by atoms with Crippen LogP contribution >= 0.6 is 0 Å². The van der Waals surface area contributed by atoms with Gasteiger partial charge in [0, 0.05) is 18.4 Å². The van der Waals surface area contributed by atoms with E-state index in [0.29, 0.717) is 23.5 Å². The SMILES string of the molecule is COC1C(O)=C2C3C(C)C(C)CCC3(C)CC(O)C2(C)C2(C)CCC3C(C)(C)C(O)CCC3(C)C12. The molecule has 0 saturated heterocycles. The van der Waals surface area contributed by atoms with Crippen LogP contribution in [0.2, 0.25) is 0 Å². The van der Waals surface area contributed by atoms with E-state index in [1.165, 1.54) is 6.42 Å². The number of rotatable bonds is 1. The lowest BCUT2D eigenvalue weighted by atomic mass is 9.32. The molecular weight excluding hydrogens is 436 g/mol. The van der Waals surface area contributed by atoms with Gasteiger partial charge in [0.2, 0.25) is 0 Å². The van der Waals surface area contributed by atoms with Crippen molar-refractivity contribution in [3.05, 3.63) is 11.3 Å². The van der Waals surface area contributed by atoms with Gasteiger partial charge in [-0.05, 0) is 95.9 Å². The molecule has 4 heteroatoms. The first-order valence-corrected chi connectivity index (χ1v) is 14.4. The third-order valence-corrected chi connectivity index (χ3v) is 13.7. The Hall–Kier alpha value is -0.580. The van der Waals surface area contributed by atoms with Crippen LogP contribution in [0.25, 0.3) is 0 Å². The molecule has 0 heterocycles. The van der Waals surface area contributed by atoms with Crippen LogP contribution < -0.4 is 0 Å². The molecule has 0 aromatic heterocycles. The van der Waals surface area contributed by atoms with Gasteiger partial charge in [-0.2, -0.15) is 0 Å². The fraction of sp³-hybridized carbons (Fsp3) is 0.935. The average Bonchev–Trinajstić information content (AvgIpc) is 2.77. The predicted octanol–water partition coefficient (Wildman–Crippen LogP) is 6.51. The molecule has 0 aromatic carbocycles. The van der Waals surface area contributed by atoms with Crippen molar-refractivity contribution in [3.63, 3.8) is 0 Å². The smallest absolute Gasteiger partial charge is 0.122 e. The van der Waals surface area contributed by atoms with Gasteiger partial charge in [0.1, 0.15) is 11.9 Å². The van der Waals surface area contributed by atoms with E-state index in [1.807, 2.05) is 0 Å². The summed E-state index contributed by atoms with van der Waals surface area (Å²) in [5, 5.41) is 35.3. The van der Waals surface area contributed by atoms with Crippen LogP contribution in [0.1, 0.15) is 100 Å². The summed E-state index contributed by atoms with van der Waals surface area (Å²) in [4.78, 5) is 0. The Morgan fingerprint density at radius 3 is 2.14 bits per heavy atom. The van der Waals surface area contributed by atoms with Crippen LogP contribution in [0.5, 0.6) is 0 Å². The highest BCUT2D eigenvalue weighted by Crippen LogP contribution is 2.76. The molecule has 0 amide bonds. The van der Waals surface area contributed by atoms with Gasteiger partial charge in [-0.25, -0.2) is 0 Å². The maximum Gasteiger partial charge on any atom is 0.122 e. The lowest BCUT2D eigenvalue weighted by molar-refractivity contribution is -0.254. The molecule has 4 fully saturated rings. The Kier molecular flexibility index (Phi) is 5.75. The van der Waals surface area contributed by atoms with Crippen molar-refractivity contribution < 1.29 is 20.1 Å². The minimum atomic E-state index is -0.486. The Bertz CT molecular complexity index is 910. The molecule has 5 rings (SSSR count). The number of aliphatic hydroxyl groups excluding tert-OH is 3. The molecule has 5 aliphatic rings. The van der Waals surface area contributed by atoms with E-state index in [1.54, 1.807) is 7.11 Å². The molecule has 0 aliphatic heterocycles. The normalized spacial score (nSPS) is 57.6. The largest absolute Gasteiger partial charge is 0.510 e. The highest BCUT2D eigenvalue weighted by molar-refractivity contribution is 5.40. The Morgan fingerprint density at radius 2 is 1.51 bits per heavy atom. The maximum absolute atomic E-state index is 12.2. The zero-order chi connectivity index (χ0) is 25.9. The summed E-state index contributed by atoms with van der Waals surface area (Å²) in [5.74, 6) is 2.21. The molecule has 0 spiro atoms. The maximum atomic E-state index is 12.2. The Balaban J connectivity index is 1.74. The number of methoxy groups -OCH3 is 1. The Labute approximate surface area is 213 Å². The fourth-order valence-corrected chi connectivity index (χ4v) is 11.3. The molecule has 0 bridgehead atoms. The molecule has 35 heavy (non-hydrogen) atoms. The molecular formula is C31H52O4. The molecule has 3 N–H and O–H groups in total. The van der Waals surface area contributed by atoms with Crippen molar-refractivity contribution in [3.8, 4) is 0 Å². The van der Waals surface area contributed by atoms with Gasteiger partial charge in [-0.3, -0.25) is 0 Å². The van der Waals surface area contributed by atoms with E-state index < -0.39 is 11.5 Å². The molecule has 5 aliphatic carbocycles. The summed E-state index contributed by atoms with van der Waals surface area (Å²) in [6.07, 6.45) is 5.74. The van der Waals surface area contributed by atoms with Gasteiger partial charge in [-0.1, -0.05) is 55.4 Å². The van der Waals surface area contributed by atoms with E-state index in [9.17, 15) is 15.3 Å². The first-order valence-electron chi connectivity index (χ1n) is 14.4. The quantitative estimate of drug-likeness (QED) is 0.394. The molecule has 4 saturated carbocycles. The number of fused-ring (bicyclic) bond motifs is 7. The second-order valence-corrected chi connectivity index (χ2v) is 15.3. The number of hydrogen-bond acceptors (Lipinski definition) is 4. The van der Waals surface area contributed by atoms with E-state index in [0.717, 1.165) is 44.1 Å². The van der Waals surface area contributed by atoms with E-state index in [-0.39, 0.29) is 45.7 Å². The summed E-state index contributed by atoms with van der Waals surface area (Å²) >= 11 is 0. The third-order valence-electron chi connectivity index (χ3n) is 13.7. The number of ether oxygens (including phenoxy) is 1. The van der Waals surface area contributed by atoms with Crippen LogP contribution in [-0.4, -0.2) is 40.7 Å². The highest BCUT2D eigenvalue weighted by Gasteiger charge is 2.73. The second-order valence-electron chi connectivity index (χ2n) is 15.3. The molecule has 12 unspecified atom stereocenters. The van der Waals surface area contributed by atoms with Crippen LogP contribution in [0, 0.1) is 56.7 Å². The van der Waals surface area contributed by atoms with Crippen molar-refractivity contribution in [2.45, 2.75) is 119 Å². The van der Waals surface area contributed by atoms with Crippen molar-refractivity contribution in [2.75, 3.05) is 7.11 Å². The Morgan fingerprint density at radius 1 is 0.857 bits per heavy atom. The topological polar surface area (TPSA) is 69.9 Å². The standard InChI is InChI=1S/C31H52O4/c1-17-10-13-28(5)16-21(33)31(8)23(22(28)18(17)2)24(34)25(35-9)26-29(6)14-12-20(32)27(3,4)19(29)11-15-30(26,31)7/h17-22,25-26,32-34H,10-16H2,1-9H3. The van der Waals surface area contributed by atoms with Crippen molar-refractivity contribution in [1.29, 1.82) is 0 Å². The predicted molar refractivity (Wildman–Crippen MR) is 140 cm³/mol. The molecule has 4 nitrogen and oxygen atoms in total. The first kappa shape index (κ1) is 26.0. The fourth-order valence-electron chi connectivity index (χ4n) is 11.3.